The number of primary amides is 1. The van der Waals surface area contributed by atoms with Gasteiger partial charge in [0, 0.05) is 6.42 Å². The highest BCUT2D eigenvalue weighted by Crippen LogP contribution is 2.18. The normalized spacial score (nSPS) is 12.4. The summed E-state index contributed by atoms with van der Waals surface area (Å²) >= 11 is 0. The number of benzene rings is 1. The number of carboxylic acid groups (broad SMARTS) is 1. The fraction of sp³-hybridized carbons (Fsp3) is 0.250. The average molecular weight is 248 g/mol. The second-order valence-corrected chi connectivity index (χ2v) is 3.98. The number of aliphatic carboxylic acids is 1. The lowest BCUT2D eigenvalue weighted by Gasteiger charge is -2.07. The van der Waals surface area contributed by atoms with Crippen LogP contribution in [0.4, 0.5) is 0 Å². The minimum atomic E-state index is -1.07. The van der Waals surface area contributed by atoms with E-state index in [0.717, 1.165) is 0 Å². The Kier molecular flexibility index (Phi) is 3.27. The molecule has 0 fully saturated rings. The van der Waals surface area contributed by atoms with Crippen molar-refractivity contribution in [1.82, 2.24) is 4.98 Å². The molecular formula is C12H12N2O4. The molecule has 0 bridgehead atoms. The molecule has 3 N–H and O–H groups in total. The smallest absolute Gasteiger partial charge is 0.304 e. The van der Waals surface area contributed by atoms with Gasteiger partial charge in [0.2, 0.25) is 5.91 Å². The van der Waals surface area contributed by atoms with Crippen LogP contribution in [0.25, 0.3) is 11.1 Å². The summed E-state index contributed by atoms with van der Waals surface area (Å²) in [4.78, 5) is 25.9. The molecule has 0 aliphatic carbocycles. The van der Waals surface area contributed by atoms with E-state index in [-0.39, 0.29) is 12.8 Å². The molecule has 0 aliphatic heterocycles. The zero-order chi connectivity index (χ0) is 13.1. The molecule has 1 aromatic heterocycles. The van der Waals surface area contributed by atoms with Crippen molar-refractivity contribution < 1.29 is 19.1 Å². The van der Waals surface area contributed by atoms with E-state index in [9.17, 15) is 9.59 Å². The van der Waals surface area contributed by atoms with Gasteiger partial charge < -0.3 is 15.3 Å². The molecule has 1 unspecified atom stereocenters. The summed E-state index contributed by atoms with van der Waals surface area (Å²) < 4.78 is 5.42. The average Bonchev–Trinajstić information content (AvgIpc) is 2.69. The lowest BCUT2D eigenvalue weighted by Crippen LogP contribution is -2.27. The third-order valence-electron chi connectivity index (χ3n) is 2.58. The number of carboxylic acids is 1. The van der Waals surface area contributed by atoms with Crippen LogP contribution in [0.2, 0.25) is 0 Å². The Labute approximate surface area is 102 Å². The van der Waals surface area contributed by atoms with Crippen LogP contribution >= 0.6 is 0 Å². The maximum absolute atomic E-state index is 11.1. The maximum Gasteiger partial charge on any atom is 0.304 e. The zero-order valence-corrected chi connectivity index (χ0v) is 9.50. The fourth-order valence-corrected chi connectivity index (χ4v) is 1.70. The summed E-state index contributed by atoms with van der Waals surface area (Å²) in [6.07, 6.45) is -0.232. The van der Waals surface area contributed by atoms with Gasteiger partial charge in [-0.2, -0.15) is 0 Å². The van der Waals surface area contributed by atoms with E-state index < -0.39 is 17.8 Å². The first kappa shape index (κ1) is 12.1. The first-order chi connectivity index (χ1) is 8.56. The number of para-hydroxylation sites is 2. The molecule has 1 amide bonds. The van der Waals surface area contributed by atoms with Gasteiger partial charge in [0.15, 0.2) is 11.5 Å². The second-order valence-electron chi connectivity index (χ2n) is 3.98. The quantitative estimate of drug-likeness (QED) is 0.819. The van der Waals surface area contributed by atoms with Gasteiger partial charge in [-0.15, -0.1) is 0 Å². The molecule has 2 aromatic rings. The molecular weight excluding hydrogens is 236 g/mol. The van der Waals surface area contributed by atoms with Crippen LogP contribution in [0, 0.1) is 5.92 Å². The molecule has 0 radical (unpaired) electrons. The van der Waals surface area contributed by atoms with E-state index in [1.165, 1.54) is 0 Å². The maximum atomic E-state index is 11.1. The highest BCUT2D eigenvalue weighted by atomic mass is 16.4. The zero-order valence-electron chi connectivity index (χ0n) is 9.50. The Hall–Kier alpha value is -2.37. The summed E-state index contributed by atoms with van der Waals surface area (Å²) in [5.74, 6) is -2.23. The minimum Gasteiger partial charge on any atom is -0.481 e. The lowest BCUT2D eigenvalue weighted by molar-refractivity contribution is -0.140. The summed E-state index contributed by atoms with van der Waals surface area (Å²) in [6.45, 7) is 0. The van der Waals surface area contributed by atoms with E-state index in [1.54, 1.807) is 18.2 Å². The van der Waals surface area contributed by atoms with E-state index in [0.29, 0.717) is 17.0 Å². The van der Waals surface area contributed by atoms with Gasteiger partial charge >= 0.3 is 5.97 Å². The molecule has 0 saturated carbocycles. The number of nitrogens with zero attached hydrogens (tertiary/aromatic N) is 1. The number of fused-ring (bicyclic) bond motifs is 1. The van der Waals surface area contributed by atoms with Crippen LogP contribution in [-0.2, 0) is 16.0 Å². The van der Waals surface area contributed by atoms with Crippen LogP contribution < -0.4 is 5.73 Å². The molecule has 1 heterocycles. The Morgan fingerprint density at radius 3 is 2.72 bits per heavy atom. The number of hydrogen-bond acceptors (Lipinski definition) is 4. The Balaban J connectivity index is 2.20. The number of rotatable bonds is 5. The second kappa shape index (κ2) is 4.87. The van der Waals surface area contributed by atoms with Gasteiger partial charge in [0.25, 0.3) is 0 Å². The van der Waals surface area contributed by atoms with Gasteiger partial charge in [-0.25, -0.2) is 4.98 Å². The summed E-state index contributed by atoms with van der Waals surface area (Å²) in [6, 6.07) is 7.15. The largest absolute Gasteiger partial charge is 0.481 e. The number of carbonyl (C=O) groups is 2. The molecule has 0 saturated heterocycles. The molecule has 0 spiro atoms. The molecule has 18 heavy (non-hydrogen) atoms. The van der Waals surface area contributed by atoms with Crippen molar-refractivity contribution in [3.63, 3.8) is 0 Å². The number of nitrogens with two attached hydrogens (primary N) is 1. The van der Waals surface area contributed by atoms with Crippen LogP contribution in [0.5, 0.6) is 0 Å². The van der Waals surface area contributed by atoms with Crippen molar-refractivity contribution in [2.75, 3.05) is 0 Å². The summed E-state index contributed by atoms with van der Waals surface area (Å²) in [5.41, 5.74) is 6.43. The van der Waals surface area contributed by atoms with Crippen molar-refractivity contribution in [2.45, 2.75) is 12.8 Å². The van der Waals surface area contributed by atoms with Crippen molar-refractivity contribution in [2.24, 2.45) is 11.7 Å². The summed E-state index contributed by atoms with van der Waals surface area (Å²) in [7, 11) is 0. The first-order valence-electron chi connectivity index (χ1n) is 5.42. The molecule has 94 valence electrons. The highest BCUT2D eigenvalue weighted by Gasteiger charge is 2.22. The highest BCUT2D eigenvalue weighted by molar-refractivity contribution is 5.82. The van der Waals surface area contributed by atoms with Crippen LogP contribution in [-0.4, -0.2) is 22.0 Å². The van der Waals surface area contributed by atoms with Crippen molar-refractivity contribution in [1.29, 1.82) is 0 Å². The number of aromatic nitrogens is 1. The molecule has 1 aromatic carbocycles. The van der Waals surface area contributed by atoms with E-state index in [2.05, 4.69) is 4.98 Å². The van der Waals surface area contributed by atoms with E-state index >= 15 is 0 Å². The lowest BCUT2D eigenvalue weighted by atomic mass is 10.0. The van der Waals surface area contributed by atoms with Gasteiger partial charge in [-0.1, -0.05) is 12.1 Å². The first-order valence-corrected chi connectivity index (χ1v) is 5.42. The van der Waals surface area contributed by atoms with Crippen molar-refractivity contribution >= 4 is 23.0 Å². The van der Waals surface area contributed by atoms with Gasteiger partial charge in [-0.05, 0) is 12.1 Å². The predicted molar refractivity (Wildman–Crippen MR) is 62.7 cm³/mol. The Morgan fingerprint density at radius 1 is 1.39 bits per heavy atom. The molecule has 2 rings (SSSR count). The molecule has 0 aliphatic rings. The SMILES string of the molecule is NC(=O)C(CC(=O)O)Cc1nc2ccccc2o1. The third kappa shape index (κ3) is 2.65. The van der Waals surface area contributed by atoms with Gasteiger partial charge in [-0.3, -0.25) is 9.59 Å². The summed E-state index contributed by atoms with van der Waals surface area (Å²) in [5, 5.41) is 8.69. The Morgan fingerprint density at radius 2 is 2.11 bits per heavy atom. The van der Waals surface area contributed by atoms with Crippen LogP contribution in [0.15, 0.2) is 28.7 Å². The number of hydrogen-bond donors (Lipinski definition) is 2. The molecule has 1 atom stereocenters. The fourth-order valence-electron chi connectivity index (χ4n) is 1.70. The Bertz CT molecular complexity index is 558. The minimum absolute atomic E-state index is 0.0936. The van der Waals surface area contributed by atoms with E-state index in [1.807, 2.05) is 6.07 Å². The van der Waals surface area contributed by atoms with Crippen molar-refractivity contribution in [3.05, 3.63) is 30.2 Å². The number of oxazole rings is 1. The van der Waals surface area contributed by atoms with Gasteiger partial charge in [0.1, 0.15) is 5.52 Å². The number of carbonyl (C=O) groups excluding carboxylic acids is 1. The van der Waals surface area contributed by atoms with Crippen LogP contribution in [0.3, 0.4) is 0 Å². The van der Waals surface area contributed by atoms with Crippen molar-refractivity contribution in [3.8, 4) is 0 Å². The third-order valence-corrected chi connectivity index (χ3v) is 2.58. The van der Waals surface area contributed by atoms with Crippen LogP contribution in [0.1, 0.15) is 12.3 Å². The predicted octanol–water partition coefficient (Wildman–Crippen LogP) is 0.946. The van der Waals surface area contributed by atoms with E-state index in [4.69, 9.17) is 15.3 Å². The number of amides is 1. The topological polar surface area (TPSA) is 106 Å². The monoisotopic (exact) mass is 248 g/mol. The molecule has 6 nitrogen and oxygen atoms in total. The van der Waals surface area contributed by atoms with Gasteiger partial charge in [0.05, 0.1) is 12.3 Å². The molecule has 6 heteroatoms. The standard InChI is InChI=1S/C12H12N2O4/c13-12(17)7(6-11(15)16)5-10-14-8-3-1-2-4-9(8)18-10/h1-4,7H,5-6H2,(H2,13,17)(H,15,16).